The van der Waals surface area contributed by atoms with Crippen LogP contribution in [0.2, 0.25) is 12.6 Å². The summed E-state index contributed by atoms with van der Waals surface area (Å²) < 4.78 is 6.15. The molecule has 1 atom stereocenters. The average Bonchev–Trinajstić information content (AvgIpc) is 2.96. The van der Waals surface area contributed by atoms with Crippen molar-refractivity contribution in [3.8, 4) is 11.5 Å². The molecule has 4 aromatic rings. The lowest BCUT2D eigenvalue weighted by Crippen LogP contribution is -2.43. The van der Waals surface area contributed by atoms with E-state index in [9.17, 15) is 5.11 Å². The summed E-state index contributed by atoms with van der Waals surface area (Å²) in [5.74, 6) is 1.60. The molecule has 0 aliphatic heterocycles. The first-order chi connectivity index (χ1) is 18.2. The third-order valence-electron chi connectivity index (χ3n) is 7.05. The SMILES string of the molecule is CNCCB(c1ccccc1)c1ccc(Oc2ccc(B(CO)CC(NC)c3ccccc3)cc2)cc1. The number of hydrogen-bond acceptors (Lipinski definition) is 4. The van der Waals surface area contributed by atoms with E-state index in [0.29, 0.717) is 6.71 Å². The van der Waals surface area contributed by atoms with Crippen LogP contribution in [0.4, 0.5) is 0 Å². The lowest BCUT2D eigenvalue weighted by atomic mass is 9.38. The third-order valence-corrected chi connectivity index (χ3v) is 7.05. The molecule has 188 valence electrons. The second-order valence-electron chi connectivity index (χ2n) is 9.46. The van der Waals surface area contributed by atoms with Crippen molar-refractivity contribution in [3.63, 3.8) is 0 Å². The van der Waals surface area contributed by atoms with Crippen LogP contribution >= 0.6 is 0 Å². The van der Waals surface area contributed by atoms with Crippen molar-refractivity contribution in [2.75, 3.05) is 27.1 Å². The van der Waals surface area contributed by atoms with Gasteiger partial charge in [0.1, 0.15) is 11.5 Å². The molecular weight excluding hydrogens is 454 g/mol. The van der Waals surface area contributed by atoms with Crippen molar-refractivity contribution >= 4 is 29.8 Å². The highest BCUT2D eigenvalue weighted by Crippen LogP contribution is 2.22. The number of nitrogens with one attached hydrogen (secondary N) is 2. The van der Waals surface area contributed by atoms with Crippen molar-refractivity contribution < 1.29 is 9.84 Å². The van der Waals surface area contributed by atoms with Crippen LogP contribution < -0.4 is 31.8 Å². The van der Waals surface area contributed by atoms with E-state index in [2.05, 4.69) is 89.5 Å². The highest BCUT2D eigenvalue weighted by Gasteiger charge is 2.22. The van der Waals surface area contributed by atoms with E-state index in [4.69, 9.17) is 4.74 Å². The van der Waals surface area contributed by atoms with Crippen molar-refractivity contribution in [2.45, 2.75) is 18.7 Å². The smallest absolute Gasteiger partial charge is 0.210 e. The quantitative estimate of drug-likeness (QED) is 0.251. The maximum absolute atomic E-state index is 10.1. The summed E-state index contributed by atoms with van der Waals surface area (Å²) in [6, 6.07) is 37.8. The van der Waals surface area contributed by atoms with Crippen LogP contribution in [-0.4, -0.2) is 45.7 Å². The zero-order valence-electron chi connectivity index (χ0n) is 21.8. The van der Waals surface area contributed by atoms with Gasteiger partial charge in [-0.15, -0.1) is 0 Å². The summed E-state index contributed by atoms with van der Waals surface area (Å²) in [4.78, 5) is 0. The van der Waals surface area contributed by atoms with Gasteiger partial charge in [0.15, 0.2) is 0 Å². The topological polar surface area (TPSA) is 53.5 Å². The largest absolute Gasteiger partial charge is 0.457 e. The summed E-state index contributed by atoms with van der Waals surface area (Å²) in [7, 11) is 3.96. The molecule has 0 saturated heterocycles. The van der Waals surface area contributed by atoms with Crippen LogP contribution in [0.1, 0.15) is 11.6 Å². The summed E-state index contributed by atoms with van der Waals surface area (Å²) >= 11 is 0. The Balaban J connectivity index is 1.42. The van der Waals surface area contributed by atoms with Gasteiger partial charge in [0, 0.05) is 12.5 Å². The fourth-order valence-electron chi connectivity index (χ4n) is 4.92. The van der Waals surface area contributed by atoms with Gasteiger partial charge in [0.2, 0.25) is 13.4 Å². The fraction of sp³-hybridized carbons (Fsp3) is 0.226. The number of ether oxygens (including phenoxy) is 1. The van der Waals surface area contributed by atoms with Crippen molar-refractivity contribution in [1.82, 2.24) is 10.6 Å². The summed E-state index contributed by atoms with van der Waals surface area (Å²) in [6.45, 7) is 1.44. The molecular formula is C31H36B2N2O2. The van der Waals surface area contributed by atoms with Crippen molar-refractivity contribution in [1.29, 1.82) is 0 Å². The van der Waals surface area contributed by atoms with Gasteiger partial charge in [-0.3, -0.25) is 0 Å². The first-order valence-corrected chi connectivity index (χ1v) is 13.1. The molecule has 3 N–H and O–H groups in total. The molecule has 4 nitrogen and oxygen atoms in total. The predicted molar refractivity (Wildman–Crippen MR) is 159 cm³/mol. The van der Waals surface area contributed by atoms with Gasteiger partial charge in [-0.25, -0.2) is 0 Å². The van der Waals surface area contributed by atoms with E-state index in [-0.39, 0.29) is 19.3 Å². The molecule has 0 spiro atoms. The molecule has 1 unspecified atom stereocenters. The van der Waals surface area contributed by atoms with Crippen molar-refractivity contribution in [2.24, 2.45) is 0 Å². The molecule has 6 heteroatoms. The summed E-state index contributed by atoms with van der Waals surface area (Å²) in [6.07, 6.45) is 1.85. The van der Waals surface area contributed by atoms with Crippen LogP contribution in [0.25, 0.3) is 0 Å². The highest BCUT2D eigenvalue weighted by molar-refractivity contribution is 6.85. The molecule has 0 amide bonds. The summed E-state index contributed by atoms with van der Waals surface area (Å²) in [5.41, 5.74) is 4.95. The van der Waals surface area contributed by atoms with Gasteiger partial charge < -0.3 is 20.5 Å². The van der Waals surface area contributed by atoms with E-state index in [1.54, 1.807) is 0 Å². The zero-order valence-corrected chi connectivity index (χ0v) is 21.8. The second-order valence-corrected chi connectivity index (χ2v) is 9.46. The fourth-order valence-corrected chi connectivity index (χ4v) is 4.92. The summed E-state index contributed by atoms with van der Waals surface area (Å²) in [5, 5.41) is 16.8. The van der Waals surface area contributed by atoms with Gasteiger partial charge in [-0.1, -0.05) is 108 Å². The van der Waals surface area contributed by atoms with Gasteiger partial charge in [-0.2, -0.15) is 0 Å². The Labute approximate surface area is 222 Å². The lowest BCUT2D eigenvalue weighted by molar-refractivity contribution is 0.362. The second kappa shape index (κ2) is 13.8. The first-order valence-electron chi connectivity index (χ1n) is 13.1. The Morgan fingerprint density at radius 2 is 1.24 bits per heavy atom. The van der Waals surface area contributed by atoms with Gasteiger partial charge in [0.05, 0.1) is 0 Å². The molecule has 0 bridgehead atoms. The van der Waals surface area contributed by atoms with E-state index in [0.717, 1.165) is 36.1 Å². The number of benzene rings is 4. The Morgan fingerprint density at radius 3 is 1.78 bits per heavy atom. The number of hydrogen-bond donors (Lipinski definition) is 3. The number of rotatable bonds is 13. The highest BCUT2D eigenvalue weighted by atomic mass is 16.5. The van der Waals surface area contributed by atoms with Crippen LogP contribution in [0.5, 0.6) is 11.5 Å². The Bertz CT molecular complexity index is 1190. The number of aliphatic hydroxyl groups is 1. The Kier molecular flexibility index (Phi) is 10.0. The van der Waals surface area contributed by atoms with Crippen LogP contribution in [0.3, 0.4) is 0 Å². The molecule has 0 fully saturated rings. The molecule has 37 heavy (non-hydrogen) atoms. The van der Waals surface area contributed by atoms with Gasteiger partial charge in [0.25, 0.3) is 0 Å². The minimum atomic E-state index is 0.0403. The van der Waals surface area contributed by atoms with E-state index in [1.165, 1.54) is 16.5 Å². The average molecular weight is 490 g/mol. The molecule has 0 aromatic heterocycles. The normalized spacial score (nSPS) is 11.6. The molecule has 4 rings (SSSR count). The van der Waals surface area contributed by atoms with E-state index >= 15 is 0 Å². The molecule has 0 heterocycles. The molecule has 4 aromatic carbocycles. The Hall–Kier alpha value is -3.31. The van der Waals surface area contributed by atoms with Crippen LogP contribution in [0.15, 0.2) is 109 Å². The first kappa shape index (κ1) is 26.7. The lowest BCUT2D eigenvalue weighted by Gasteiger charge is -2.21. The molecule has 0 radical (unpaired) electrons. The maximum Gasteiger partial charge on any atom is 0.210 e. The predicted octanol–water partition coefficient (Wildman–Crippen LogP) is 3.50. The molecule has 0 aliphatic carbocycles. The molecule has 0 saturated carbocycles. The maximum atomic E-state index is 10.1. The van der Waals surface area contributed by atoms with E-state index < -0.39 is 0 Å². The van der Waals surface area contributed by atoms with Crippen molar-refractivity contribution in [3.05, 3.63) is 115 Å². The van der Waals surface area contributed by atoms with Gasteiger partial charge in [-0.05, 0) is 56.8 Å². The Morgan fingerprint density at radius 1 is 0.703 bits per heavy atom. The van der Waals surface area contributed by atoms with E-state index in [1.807, 2.05) is 44.4 Å². The monoisotopic (exact) mass is 490 g/mol. The van der Waals surface area contributed by atoms with Gasteiger partial charge >= 0.3 is 0 Å². The molecule has 0 aliphatic rings. The zero-order chi connectivity index (χ0) is 25.9. The third kappa shape index (κ3) is 7.36. The van der Waals surface area contributed by atoms with Crippen LogP contribution in [-0.2, 0) is 0 Å². The standard InChI is InChI=1S/C31H36B2N2O2/c1-34-22-21-33(27-11-7-4-8-12-27)28-15-19-30(20-16-28)37-29-17-13-26(14-18-29)32(24-36)23-31(35-2)25-9-5-3-6-10-25/h3-20,31,34-36H,21-24H2,1-2H3. The minimum absolute atomic E-state index is 0.0403. The number of aliphatic hydroxyl groups excluding tert-OH is 1. The van der Waals surface area contributed by atoms with Crippen LogP contribution in [0, 0.1) is 0 Å². The minimum Gasteiger partial charge on any atom is -0.457 e.